The van der Waals surface area contributed by atoms with Gasteiger partial charge in [-0.25, -0.2) is 4.79 Å². The number of ether oxygens (including phenoxy) is 2. The smallest absolute Gasteiger partial charge is 0.315 e. The van der Waals surface area contributed by atoms with Gasteiger partial charge in [0.2, 0.25) is 5.91 Å². The van der Waals surface area contributed by atoms with E-state index in [1.165, 1.54) is 0 Å². The van der Waals surface area contributed by atoms with E-state index in [1.807, 2.05) is 24.3 Å². The molecule has 8 nitrogen and oxygen atoms in total. The Morgan fingerprint density at radius 2 is 1.90 bits per heavy atom. The lowest BCUT2D eigenvalue weighted by molar-refractivity contribution is -0.117. The molecule has 164 valence electrons. The lowest BCUT2D eigenvalue weighted by atomic mass is 9.97. The van der Waals surface area contributed by atoms with Gasteiger partial charge in [-0.3, -0.25) is 9.69 Å². The molecule has 0 spiro atoms. The molecule has 2 saturated heterocycles. The van der Waals surface area contributed by atoms with E-state index in [2.05, 4.69) is 20.9 Å². The first kappa shape index (κ1) is 21.1. The molecule has 2 atom stereocenters. The van der Waals surface area contributed by atoms with E-state index in [-0.39, 0.29) is 23.9 Å². The minimum Gasteiger partial charge on any atom is -0.381 e. The SMILES string of the molecule is O=C(NCc1cccc(NC(=O)C2CC2)c1)NC[C@@H]([C@@H]1CCOC1)N1CCOCC1. The highest BCUT2D eigenvalue weighted by molar-refractivity contribution is 5.94. The number of rotatable bonds is 8. The minimum atomic E-state index is -0.181. The Bertz CT molecular complexity index is 728. The molecule has 0 bridgehead atoms. The van der Waals surface area contributed by atoms with Crippen molar-refractivity contribution in [2.24, 2.45) is 11.8 Å². The summed E-state index contributed by atoms with van der Waals surface area (Å²) in [6, 6.07) is 7.71. The monoisotopic (exact) mass is 416 g/mol. The number of benzene rings is 1. The fourth-order valence-corrected chi connectivity index (χ4v) is 4.15. The Morgan fingerprint density at radius 1 is 1.07 bits per heavy atom. The maximum Gasteiger partial charge on any atom is 0.315 e. The standard InChI is InChI=1S/C22H32N4O4/c27-21(17-4-5-17)25-19-3-1-2-16(12-19)13-23-22(28)24-14-20(18-6-9-30-15-18)26-7-10-29-11-8-26/h1-3,12,17-18,20H,4-11,13-15H2,(H,25,27)(H2,23,24,28)/t18-,20+/m1/s1. The summed E-state index contributed by atoms with van der Waals surface area (Å²) in [4.78, 5) is 26.8. The summed E-state index contributed by atoms with van der Waals surface area (Å²) in [6.07, 6.45) is 2.99. The van der Waals surface area contributed by atoms with Crippen LogP contribution in [0.2, 0.25) is 0 Å². The van der Waals surface area contributed by atoms with E-state index in [1.54, 1.807) is 0 Å². The average molecular weight is 417 g/mol. The quantitative estimate of drug-likeness (QED) is 0.598. The van der Waals surface area contributed by atoms with E-state index in [0.29, 0.717) is 19.0 Å². The molecular weight excluding hydrogens is 384 g/mol. The zero-order chi connectivity index (χ0) is 20.8. The number of amides is 3. The molecule has 1 aromatic rings. The number of hydrogen-bond donors (Lipinski definition) is 3. The molecule has 0 aromatic heterocycles. The van der Waals surface area contributed by atoms with Gasteiger partial charge in [-0.05, 0) is 37.0 Å². The van der Waals surface area contributed by atoms with Gasteiger partial charge in [0.1, 0.15) is 0 Å². The summed E-state index contributed by atoms with van der Waals surface area (Å²) in [6.45, 7) is 5.82. The van der Waals surface area contributed by atoms with Gasteiger partial charge >= 0.3 is 6.03 Å². The van der Waals surface area contributed by atoms with E-state index < -0.39 is 0 Å². The van der Waals surface area contributed by atoms with E-state index in [0.717, 1.165) is 70.0 Å². The van der Waals surface area contributed by atoms with Gasteiger partial charge < -0.3 is 25.4 Å². The van der Waals surface area contributed by atoms with Gasteiger partial charge in [-0.1, -0.05) is 12.1 Å². The fourth-order valence-electron chi connectivity index (χ4n) is 4.15. The maximum absolute atomic E-state index is 12.4. The second-order valence-corrected chi connectivity index (χ2v) is 8.37. The molecule has 0 unspecified atom stereocenters. The number of hydrogen-bond acceptors (Lipinski definition) is 5. The Hall–Kier alpha value is -2.16. The molecule has 4 rings (SSSR count). The topological polar surface area (TPSA) is 91.9 Å². The van der Waals surface area contributed by atoms with Crippen LogP contribution in [-0.4, -0.2) is 68.9 Å². The van der Waals surface area contributed by atoms with Crippen LogP contribution in [0.3, 0.4) is 0 Å². The van der Waals surface area contributed by atoms with Crippen LogP contribution in [0.25, 0.3) is 0 Å². The minimum absolute atomic E-state index is 0.0860. The molecule has 1 aliphatic carbocycles. The van der Waals surface area contributed by atoms with Crippen LogP contribution in [0.4, 0.5) is 10.5 Å². The number of nitrogens with zero attached hydrogens (tertiary/aromatic N) is 1. The highest BCUT2D eigenvalue weighted by atomic mass is 16.5. The first-order valence-electron chi connectivity index (χ1n) is 11.0. The van der Waals surface area contributed by atoms with Gasteiger partial charge in [-0.15, -0.1) is 0 Å². The third kappa shape index (κ3) is 5.93. The summed E-state index contributed by atoms with van der Waals surface area (Å²) >= 11 is 0. The van der Waals surface area contributed by atoms with Crippen molar-refractivity contribution >= 4 is 17.6 Å². The van der Waals surface area contributed by atoms with Crippen LogP contribution in [0.5, 0.6) is 0 Å². The Labute approximate surface area is 177 Å². The molecule has 3 aliphatic rings. The number of nitrogens with one attached hydrogen (secondary N) is 3. The van der Waals surface area contributed by atoms with Crippen molar-refractivity contribution in [2.75, 3.05) is 51.4 Å². The van der Waals surface area contributed by atoms with Gasteiger partial charge in [0.15, 0.2) is 0 Å². The summed E-state index contributed by atoms with van der Waals surface area (Å²) in [5.74, 6) is 0.695. The second-order valence-electron chi connectivity index (χ2n) is 8.37. The van der Waals surface area contributed by atoms with Gasteiger partial charge in [0.05, 0.1) is 19.8 Å². The second kappa shape index (κ2) is 10.2. The lowest BCUT2D eigenvalue weighted by Gasteiger charge is -2.37. The Kier molecular flexibility index (Phi) is 7.20. The van der Waals surface area contributed by atoms with E-state index in [4.69, 9.17) is 9.47 Å². The molecular formula is C22H32N4O4. The van der Waals surface area contributed by atoms with Crippen LogP contribution < -0.4 is 16.0 Å². The normalized spacial score (nSPS) is 23.0. The number of morpholine rings is 1. The summed E-state index contributed by atoms with van der Waals surface area (Å²) < 4.78 is 11.1. The molecule has 30 heavy (non-hydrogen) atoms. The first-order valence-corrected chi connectivity index (χ1v) is 11.0. The largest absolute Gasteiger partial charge is 0.381 e. The van der Waals surface area contributed by atoms with Crippen molar-refractivity contribution < 1.29 is 19.1 Å². The van der Waals surface area contributed by atoms with Crippen molar-refractivity contribution in [1.82, 2.24) is 15.5 Å². The van der Waals surface area contributed by atoms with Crippen molar-refractivity contribution in [1.29, 1.82) is 0 Å². The van der Waals surface area contributed by atoms with Gasteiger partial charge in [0.25, 0.3) is 0 Å². The van der Waals surface area contributed by atoms with Crippen molar-refractivity contribution in [3.63, 3.8) is 0 Å². The number of carbonyl (C=O) groups excluding carboxylic acids is 2. The molecule has 2 heterocycles. The highest BCUT2D eigenvalue weighted by Gasteiger charge is 2.32. The predicted molar refractivity (Wildman–Crippen MR) is 113 cm³/mol. The van der Waals surface area contributed by atoms with Crippen molar-refractivity contribution in [3.8, 4) is 0 Å². The highest BCUT2D eigenvalue weighted by Crippen LogP contribution is 2.30. The van der Waals surface area contributed by atoms with Gasteiger partial charge in [0, 0.05) is 56.4 Å². The predicted octanol–water partition coefficient (Wildman–Crippen LogP) is 1.57. The van der Waals surface area contributed by atoms with E-state index >= 15 is 0 Å². The number of carbonyl (C=O) groups is 2. The Balaban J connectivity index is 1.24. The van der Waals surface area contributed by atoms with Crippen LogP contribution >= 0.6 is 0 Å². The van der Waals surface area contributed by atoms with Crippen LogP contribution in [0.1, 0.15) is 24.8 Å². The molecule has 8 heteroatoms. The third-order valence-electron chi connectivity index (χ3n) is 6.09. The van der Waals surface area contributed by atoms with Crippen LogP contribution in [-0.2, 0) is 20.8 Å². The molecule has 0 radical (unpaired) electrons. The summed E-state index contributed by atoms with van der Waals surface area (Å²) in [5, 5.41) is 8.91. The fraction of sp³-hybridized carbons (Fsp3) is 0.636. The van der Waals surface area contributed by atoms with Crippen LogP contribution in [0, 0.1) is 11.8 Å². The third-order valence-corrected chi connectivity index (χ3v) is 6.09. The molecule has 3 fully saturated rings. The van der Waals surface area contributed by atoms with Gasteiger partial charge in [-0.2, -0.15) is 0 Å². The van der Waals surface area contributed by atoms with Crippen molar-refractivity contribution in [3.05, 3.63) is 29.8 Å². The molecule has 2 aliphatic heterocycles. The maximum atomic E-state index is 12.4. The summed E-state index contributed by atoms with van der Waals surface area (Å²) in [5.41, 5.74) is 1.73. The zero-order valence-corrected chi connectivity index (χ0v) is 17.4. The molecule has 1 saturated carbocycles. The Morgan fingerprint density at radius 3 is 2.63 bits per heavy atom. The summed E-state index contributed by atoms with van der Waals surface area (Å²) in [7, 11) is 0. The molecule has 3 amide bonds. The first-order chi connectivity index (χ1) is 14.7. The number of anilines is 1. The number of urea groups is 1. The van der Waals surface area contributed by atoms with E-state index in [9.17, 15) is 9.59 Å². The molecule has 1 aromatic carbocycles. The lowest BCUT2D eigenvalue weighted by Crippen LogP contribution is -2.53. The van der Waals surface area contributed by atoms with Crippen molar-refractivity contribution in [2.45, 2.75) is 31.8 Å². The van der Waals surface area contributed by atoms with Crippen LogP contribution in [0.15, 0.2) is 24.3 Å². The zero-order valence-electron chi connectivity index (χ0n) is 17.4. The molecule has 3 N–H and O–H groups in total. The average Bonchev–Trinajstić information content (AvgIpc) is 3.49.